The average Bonchev–Trinajstić information content (AvgIpc) is 3.02. The van der Waals surface area contributed by atoms with E-state index in [9.17, 15) is 15.2 Å². The number of methoxy groups -OCH3 is 1. The van der Waals surface area contributed by atoms with Gasteiger partial charge in [-0.1, -0.05) is 19.3 Å². The first kappa shape index (κ1) is 18.1. The topological polar surface area (TPSA) is 119 Å². The number of aromatic nitrogens is 3. The van der Waals surface area contributed by atoms with Gasteiger partial charge in [0.05, 0.1) is 24.3 Å². The molecule has 1 heterocycles. The third-order valence-electron chi connectivity index (χ3n) is 4.48. The average molecular weight is 377 g/mol. The Hall–Kier alpha value is -2.75. The Balaban J connectivity index is 1.98. The predicted octanol–water partition coefficient (Wildman–Crippen LogP) is 3.49. The first-order chi connectivity index (χ1) is 12.5. The molecule has 1 saturated carbocycles. The van der Waals surface area contributed by atoms with E-state index >= 15 is 0 Å². The van der Waals surface area contributed by atoms with Crippen LogP contribution >= 0.6 is 12.2 Å². The van der Waals surface area contributed by atoms with Crippen LogP contribution in [0.2, 0.25) is 0 Å². The minimum absolute atomic E-state index is 0.00365. The maximum Gasteiger partial charge on any atom is 0.274 e. The SMILES string of the molecule is COc1cc([N+](=O)[O-])cc(/C=N\n2c(C3CCCCC3)n[nH]c2=S)c1O. The summed E-state index contributed by atoms with van der Waals surface area (Å²) in [5, 5.41) is 32.6. The molecule has 138 valence electrons. The number of nitro groups is 1. The van der Waals surface area contributed by atoms with Gasteiger partial charge in [-0.2, -0.15) is 14.9 Å². The van der Waals surface area contributed by atoms with Crippen LogP contribution in [0.1, 0.15) is 49.4 Å². The fraction of sp³-hybridized carbons (Fsp3) is 0.438. The molecule has 1 fully saturated rings. The second kappa shape index (κ2) is 7.65. The lowest BCUT2D eigenvalue weighted by Gasteiger charge is -2.19. The summed E-state index contributed by atoms with van der Waals surface area (Å²) in [6.45, 7) is 0. The second-order valence-corrected chi connectivity index (χ2v) is 6.51. The molecule has 0 atom stereocenters. The Morgan fingerprint density at radius 2 is 2.19 bits per heavy atom. The van der Waals surface area contributed by atoms with Crippen LogP contribution in [0.4, 0.5) is 5.69 Å². The van der Waals surface area contributed by atoms with Crippen molar-refractivity contribution in [3.05, 3.63) is 38.4 Å². The lowest BCUT2D eigenvalue weighted by atomic mass is 9.89. The Morgan fingerprint density at radius 1 is 1.46 bits per heavy atom. The summed E-state index contributed by atoms with van der Waals surface area (Å²) >= 11 is 5.24. The molecular weight excluding hydrogens is 358 g/mol. The number of hydrogen-bond acceptors (Lipinski definition) is 7. The van der Waals surface area contributed by atoms with E-state index in [1.54, 1.807) is 0 Å². The van der Waals surface area contributed by atoms with Crippen LogP contribution in [0.3, 0.4) is 0 Å². The fourth-order valence-corrected chi connectivity index (χ4v) is 3.32. The highest BCUT2D eigenvalue weighted by Gasteiger charge is 2.21. The molecule has 2 N–H and O–H groups in total. The highest BCUT2D eigenvalue weighted by atomic mass is 32.1. The second-order valence-electron chi connectivity index (χ2n) is 6.12. The zero-order valence-electron chi connectivity index (χ0n) is 14.2. The van der Waals surface area contributed by atoms with Gasteiger partial charge in [-0.15, -0.1) is 0 Å². The zero-order valence-corrected chi connectivity index (χ0v) is 15.0. The highest BCUT2D eigenvalue weighted by Crippen LogP contribution is 2.34. The number of aromatic hydroxyl groups is 1. The van der Waals surface area contributed by atoms with Crippen molar-refractivity contribution in [2.75, 3.05) is 7.11 Å². The van der Waals surface area contributed by atoms with Crippen LogP contribution in [0.5, 0.6) is 11.5 Å². The van der Waals surface area contributed by atoms with E-state index in [0.717, 1.165) is 37.6 Å². The van der Waals surface area contributed by atoms with Crippen LogP contribution < -0.4 is 4.74 Å². The molecule has 0 spiro atoms. The van der Waals surface area contributed by atoms with E-state index in [-0.39, 0.29) is 28.7 Å². The molecule has 9 nitrogen and oxygen atoms in total. The normalized spacial score (nSPS) is 15.4. The fourth-order valence-electron chi connectivity index (χ4n) is 3.13. The van der Waals surface area contributed by atoms with Crippen molar-refractivity contribution in [1.29, 1.82) is 0 Å². The molecule has 0 unspecified atom stereocenters. The molecule has 2 aromatic rings. The van der Waals surface area contributed by atoms with Gasteiger partial charge < -0.3 is 9.84 Å². The van der Waals surface area contributed by atoms with Crippen molar-refractivity contribution in [2.24, 2.45) is 5.10 Å². The third kappa shape index (κ3) is 3.59. The van der Waals surface area contributed by atoms with Gasteiger partial charge in [-0.3, -0.25) is 15.2 Å². The van der Waals surface area contributed by atoms with Gasteiger partial charge in [0.1, 0.15) is 0 Å². The Kier molecular flexibility index (Phi) is 5.31. The van der Waals surface area contributed by atoms with E-state index in [0.29, 0.717) is 4.77 Å². The molecule has 0 saturated heterocycles. The summed E-state index contributed by atoms with van der Waals surface area (Å²) in [5.74, 6) is 0.782. The molecule has 3 rings (SSSR count). The molecule has 1 aromatic carbocycles. The number of phenolic OH excluding ortho intramolecular Hbond substituents is 1. The number of rotatable bonds is 5. The maximum absolute atomic E-state index is 11.1. The lowest BCUT2D eigenvalue weighted by molar-refractivity contribution is -0.385. The van der Waals surface area contributed by atoms with Gasteiger partial charge in [-0.25, -0.2) is 0 Å². The summed E-state index contributed by atoms with van der Waals surface area (Å²) in [6, 6.07) is 2.38. The number of non-ortho nitro benzene ring substituents is 1. The Morgan fingerprint density at radius 3 is 2.85 bits per heavy atom. The van der Waals surface area contributed by atoms with Gasteiger partial charge in [0.2, 0.25) is 4.77 Å². The standard InChI is InChI=1S/C16H19N5O4S/c1-25-13-8-12(21(23)24)7-11(14(13)22)9-17-20-15(18-19-16(20)26)10-5-3-2-4-6-10/h7-10,22H,2-6H2,1H3,(H,19,26)/b17-9-. The summed E-state index contributed by atoms with van der Waals surface area (Å²) in [7, 11) is 1.33. The number of nitrogens with one attached hydrogen (secondary N) is 1. The number of benzene rings is 1. The van der Waals surface area contributed by atoms with E-state index in [4.69, 9.17) is 17.0 Å². The number of ether oxygens (including phenoxy) is 1. The molecule has 10 heteroatoms. The molecule has 0 amide bonds. The number of hydrogen-bond donors (Lipinski definition) is 2. The molecular formula is C16H19N5O4S. The zero-order chi connectivity index (χ0) is 18.7. The minimum Gasteiger partial charge on any atom is -0.504 e. The van der Waals surface area contributed by atoms with Crippen molar-refractivity contribution < 1.29 is 14.8 Å². The van der Waals surface area contributed by atoms with Crippen LogP contribution in [0.15, 0.2) is 17.2 Å². The van der Waals surface area contributed by atoms with Gasteiger partial charge in [0.15, 0.2) is 17.3 Å². The van der Waals surface area contributed by atoms with E-state index < -0.39 is 4.92 Å². The van der Waals surface area contributed by atoms with E-state index in [1.165, 1.54) is 30.5 Å². The first-order valence-electron chi connectivity index (χ1n) is 8.28. The Labute approximate surface area is 154 Å². The van der Waals surface area contributed by atoms with Crippen LogP contribution in [0.25, 0.3) is 0 Å². The van der Waals surface area contributed by atoms with Gasteiger partial charge in [-0.05, 0) is 25.1 Å². The number of nitrogens with zero attached hydrogens (tertiary/aromatic N) is 4. The number of nitro benzene ring substituents is 1. The minimum atomic E-state index is -0.559. The first-order valence-corrected chi connectivity index (χ1v) is 8.69. The summed E-state index contributed by atoms with van der Waals surface area (Å²) < 4.78 is 6.84. The number of H-pyrrole nitrogens is 1. The Bertz CT molecular complexity index is 899. The van der Waals surface area contributed by atoms with Crippen LogP contribution in [-0.2, 0) is 0 Å². The summed E-state index contributed by atoms with van der Waals surface area (Å²) in [5.41, 5.74) is -0.0434. The van der Waals surface area contributed by atoms with Crippen molar-refractivity contribution >= 4 is 24.1 Å². The lowest BCUT2D eigenvalue weighted by Crippen LogP contribution is -2.10. The molecule has 1 aromatic heterocycles. The van der Waals surface area contributed by atoms with E-state index in [1.807, 2.05) is 0 Å². The maximum atomic E-state index is 11.1. The van der Waals surface area contributed by atoms with Gasteiger partial charge in [0.25, 0.3) is 5.69 Å². The number of aromatic amines is 1. The highest BCUT2D eigenvalue weighted by molar-refractivity contribution is 7.71. The summed E-state index contributed by atoms with van der Waals surface area (Å²) in [6.07, 6.45) is 6.85. The molecule has 0 radical (unpaired) electrons. The van der Waals surface area contributed by atoms with Gasteiger partial charge >= 0.3 is 0 Å². The quantitative estimate of drug-likeness (QED) is 0.356. The third-order valence-corrected chi connectivity index (χ3v) is 4.74. The van der Waals surface area contributed by atoms with Crippen molar-refractivity contribution in [1.82, 2.24) is 14.9 Å². The van der Waals surface area contributed by atoms with Gasteiger partial charge in [0, 0.05) is 17.5 Å². The van der Waals surface area contributed by atoms with Crippen molar-refractivity contribution in [2.45, 2.75) is 38.0 Å². The molecule has 0 bridgehead atoms. The van der Waals surface area contributed by atoms with Crippen LogP contribution in [0, 0.1) is 14.9 Å². The largest absolute Gasteiger partial charge is 0.504 e. The van der Waals surface area contributed by atoms with Crippen molar-refractivity contribution in [3.8, 4) is 11.5 Å². The molecule has 0 aliphatic heterocycles. The van der Waals surface area contributed by atoms with E-state index in [2.05, 4.69) is 15.3 Å². The van der Waals surface area contributed by atoms with Crippen molar-refractivity contribution in [3.63, 3.8) is 0 Å². The molecule has 1 aliphatic rings. The monoisotopic (exact) mass is 377 g/mol. The number of phenols is 1. The molecule has 1 aliphatic carbocycles. The smallest absolute Gasteiger partial charge is 0.274 e. The predicted molar refractivity (Wildman–Crippen MR) is 97.5 cm³/mol. The summed E-state index contributed by atoms with van der Waals surface area (Å²) in [4.78, 5) is 10.5. The molecule has 26 heavy (non-hydrogen) atoms. The van der Waals surface area contributed by atoms with Crippen LogP contribution in [-0.4, -0.2) is 38.2 Å².